The maximum Gasteiger partial charge on any atom is 0.237 e. The number of hydrogen-bond acceptors (Lipinski definition) is 3. The lowest BCUT2D eigenvalue weighted by atomic mass is 9.96. The third-order valence-corrected chi connectivity index (χ3v) is 4.57. The van der Waals surface area contributed by atoms with Gasteiger partial charge in [-0.05, 0) is 26.5 Å². The SMILES string of the molecule is CC1CN(C(=O)C(C(N)=S)c2ccccc2)CC(C)N1C. The van der Waals surface area contributed by atoms with Crippen LogP contribution in [0.5, 0.6) is 0 Å². The fourth-order valence-corrected chi connectivity index (χ4v) is 3.08. The van der Waals surface area contributed by atoms with Crippen molar-refractivity contribution >= 4 is 23.1 Å². The lowest BCUT2D eigenvalue weighted by molar-refractivity contribution is -0.135. The van der Waals surface area contributed by atoms with Gasteiger partial charge in [0.25, 0.3) is 0 Å². The second-order valence-electron chi connectivity index (χ2n) is 5.85. The summed E-state index contributed by atoms with van der Waals surface area (Å²) >= 11 is 5.15. The second kappa shape index (κ2) is 6.54. The Morgan fingerprint density at radius 3 is 2.24 bits per heavy atom. The molecule has 2 rings (SSSR count). The van der Waals surface area contributed by atoms with Gasteiger partial charge in [0.05, 0.1) is 4.99 Å². The predicted octanol–water partition coefficient (Wildman–Crippen LogP) is 1.61. The van der Waals surface area contributed by atoms with E-state index in [2.05, 4.69) is 25.8 Å². The molecule has 1 aliphatic rings. The molecule has 1 amide bonds. The number of nitrogens with zero attached hydrogens (tertiary/aromatic N) is 2. The first kappa shape index (κ1) is 15.9. The highest BCUT2D eigenvalue weighted by molar-refractivity contribution is 7.80. The second-order valence-corrected chi connectivity index (χ2v) is 6.32. The smallest absolute Gasteiger partial charge is 0.237 e. The summed E-state index contributed by atoms with van der Waals surface area (Å²) in [4.78, 5) is 17.3. The molecule has 0 spiro atoms. The number of piperazine rings is 1. The van der Waals surface area contributed by atoms with Crippen molar-refractivity contribution in [2.24, 2.45) is 5.73 Å². The van der Waals surface area contributed by atoms with E-state index in [0.717, 1.165) is 5.56 Å². The largest absolute Gasteiger partial charge is 0.392 e. The third kappa shape index (κ3) is 3.41. The number of carbonyl (C=O) groups is 1. The first-order chi connectivity index (χ1) is 9.91. The topological polar surface area (TPSA) is 49.6 Å². The molecule has 5 heteroatoms. The minimum absolute atomic E-state index is 0.0144. The van der Waals surface area contributed by atoms with E-state index < -0.39 is 5.92 Å². The summed E-state index contributed by atoms with van der Waals surface area (Å²) in [5.74, 6) is -0.510. The first-order valence-electron chi connectivity index (χ1n) is 7.26. The molecule has 0 aliphatic carbocycles. The number of benzene rings is 1. The summed E-state index contributed by atoms with van der Waals surface area (Å²) in [6.45, 7) is 5.69. The molecule has 2 N–H and O–H groups in total. The molecule has 21 heavy (non-hydrogen) atoms. The van der Waals surface area contributed by atoms with Crippen LogP contribution in [0.4, 0.5) is 0 Å². The molecule has 4 nitrogen and oxygen atoms in total. The molecule has 1 heterocycles. The molecule has 3 unspecified atom stereocenters. The summed E-state index contributed by atoms with van der Waals surface area (Å²) in [6.07, 6.45) is 0. The van der Waals surface area contributed by atoms with E-state index in [-0.39, 0.29) is 10.9 Å². The molecule has 0 bridgehead atoms. The lowest BCUT2D eigenvalue weighted by Crippen LogP contribution is -2.57. The van der Waals surface area contributed by atoms with Crippen LogP contribution in [-0.2, 0) is 4.79 Å². The highest BCUT2D eigenvalue weighted by Gasteiger charge is 2.34. The number of nitrogens with two attached hydrogens (primary N) is 1. The molecule has 0 radical (unpaired) electrons. The number of likely N-dealkylation sites (N-methyl/N-ethyl adjacent to an activating group) is 1. The third-order valence-electron chi connectivity index (χ3n) is 4.34. The van der Waals surface area contributed by atoms with Crippen molar-refractivity contribution in [3.63, 3.8) is 0 Å². The van der Waals surface area contributed by atoms with Gasteiger partial charge < -0.3 is 10.6 Å². The Morgan fingerprint density at radius 2 is 1.76 bits per heavy atom. The van der Waals surface area contributed by atoms with E-state index in [1.54, 1.807) is 0 Å². The average Bonchev–Trinajstić information content (AvgIpc) is 2.45. The van der Waals surface area contributed by atoms with Gasteiger partial charge in [0.15, 0.2) is 0 Å². The molecular formula is C16H23N3OS. The number of rotatable bonds is 3. The van der Waals surface area contributed by atoms with Crippen LogP contribution in [0, 0.1) is 0 Å². The van der Waals surface area contributed by atoms with Crippen molar-refractivity contribution in [3.05, 3.63) is 35.9 Å². The molecular weight excluding hydrogens is 282 g/mol. The summed E-state index contributed by atoms with van der Waals surface area (Å²) in [5, 5.41) is 0. The van der Waals surface area contributed by atoms with Crippen LogP contribution in [-0.4, -0.2) is 52.9 Å². The summed E-state index contributed by atoms with van der Waals surface area (Å²) in [5.41, 5.74) is 6.72. The van der Waals surface area contributed by atoms with Crippen molar-refractivity contribution in [2.45, 2.75) is 31.8 Å². The molecule has 1 aromatic rings. The Bertz CT molecular complexity index is 508. The van der Waals surface area contributed by atoms with Crippen LogP contribution in [0.15, 0.2) is 30.3 Å². The molecule has 1 aromatic carbocycles. The average molecular weight is 305 g/mol. The van der Waals surface area contributed by atoms with E-state index in [1.807, 2.05) is 35.2 Å². The van der Waals surface area contributed by atoms with E-state index in [9.17, 15) is 4.79 Å². The van der Waals surface area contributed by atoms with Gasteiger partial charge in [-0.2, -0.15) is 0 Å². The van der Waals surface area contributed by atoms with Crippen molar-refractivity contribution < 1.29 is 4.79 Å². The normalized spacial score (nSPS) is 24.6. The number of hydrogen-bond donors (Lipinski definition) is 1. The lowest BCUT2D eigenvalue weighted by Gasteiger charge is -2.43. The van der Waals surface area contributed by atoms with Gasteiger partial charge in [-0.15, -0.1) is 0 Å². The fourth-order valence-electron chi connectivity index (χ4n) is 2.84. The minimum atomic E-state index is -0.524. The zero-order chi connectivity index (χ0) is 15.6. The Morgan fingerprint density at radius 1 is 1.24 bits per heavy atom. The zero-order valence-electron chi connectivity index (χ0n) is 12.8. The zero-order valence-corrected chi connectivity index (χ0v) is 13.6. The summed E-state index contributed by atoms with van der Waals surface area (Å²) in [6, 6.07) is 10.2. The standard InChI is InChI=1S/C16H23N3OS/c1-11-9-19(10-12(2)18(11)3)16(20)14(15(17)21)13-7-5-4-6-8-13/h4-8,11-12,14H,9-10H2,1-3H3,(H2,17,21). The Balaban J connectivity index is 2.22. The van der Waals surface area contributed by atoms with Gasteiger partial charge in [-0.25, -0.2) is 0 Å². The van der Waals surface area contributed by atoms with Gasteiger partial charge in [-0.3, -0.25) is 9.69 Å². The van der Waals surface area contributed by atoms with Crippen LogP contribution >= 0.6 is 12.2 Å². The van der Waals surface area contributed by atoms with Crippen LogP contribution in [0.3, 0.4) is 0 Å². The molecule has 1 fully saturated rings. The number of thiocarbonyl (C=S) groups is 1. The monoisotopic (exact) mass is 305 g/mol. The van der Waals surface area contributed by atoms with Crippen LogP contribution < -0.4 is 5.73 Å². The van der Waals surface area contributed by atoms with Gasteiger partial charge in [0.2, 0.25) is 5.91 Å². The first-order valence-corrected chi connectivity index (χ1v) is 7.67. The van der Waals surface area contributed by atoms with Crippen LogP contribution in [0.1, 0.15) is 25.3 Å². The number of amides is 1. The Labute approximate surface area is 131 Å². The van der Waals surface area contributed by atoms with E-state index in [4.69, 9.17) is 18.0 Å². The molecule has 114 valence electrons. The van der Waals surface area contributed by atoms with Crippen molar-refractivity contribution in [2.75, 3.05) is 20.1 Å². The molecule has 1 aliphatic heterocycles. The van der Waals surface area contributed by atoms with E-state index in [1.165, 1.54) is 0 Å². The minimum Gasteiger partial charge on any atom is -0.392 e. The van der Waals surface area contributed by atoms with Gasteiger partial charge >= 0.3 is 0 Å². The van der Waals surface area contributed by atoms with Crippen LogP contribution in [0.2, 0.25) is 0 Å². The van der Waals surface area contributed by atoms with Gasteiger partial charge in [0, 0.05) is 25.2 Å². The van der Waals surface area contributed by atoms with Gasteiger partial charge in [-0.1, -0.05) is 42.5 Å². The molecule has 0 aromatic heterocycles. The fraction of sp³-hybridized carbons (Fsp3) is 0.500. The van der Waals surface area contributed by atoms with Crippen LogP contribution in [0.25, 0.3) is 0 Å². The quantitative estimate of drug-likeness (QED) is 0.862. The van der Waals surface area contributed by atoms with E-state index >= 15 is 0 Å². The Hall–Kier alpha value is -1.46. The highest BCUT2D eigenvalue weighted by atomic mass is 32.1. The maximum atomic E-state index is 12.9. The molecule has 0 saturated carbocycles. The van der Waals surface area contributed by atoms with Crippen molar-refractivity contribution in [1.82, 2.24) is 9.80 Å². The highest BCUT2D eigenvalue weighted by Crippen LogP contribution is 2.22. The summed E-state index contributed by atoms with van der Waals surface area (Å²) < 4.78 is 0. The van der Waals surface area contributed by atoms with Crippen molar-refractivity contribution in [3.8, 4) is 0 Å². The van der Waals surface area contributed by atoms with Gasteiger partial charge in [0.1, 0.15) is 5.92 Å². The summed E-state index contributed by atoms with van der Waals surface area (Å²) in [7, 11) is 2.10. The molecule has 3 atom stereocenters. The predicted molar refractivity (Wildman–Crippen MR) is 89.2 cm³/mol. The maximum absolute atomic E-state index is 12.9. The molecule has 1 saturated heterocycles. The van der Waals surface area contributed by atoms with Crippen molar-refractivity contribution in [1.29, 1.82) is 0 Å². The Kier molecular flexibility index (Phi) is 4.96. The van der Waals surface area contributed by atoms with E-state index in [0.29, 0.717) is 25.2 Å². The number of carbonyl (C=O) groups excluding carboxylic acids is 1.